The summed E-state index contributed by atoms with van der Waals surface area (Å²) in [7, 11) is 3.90. The van der Waals surface area contributed by atoms with E-state index in [0.29, 0.717) is 6.04 Å². The van der Waals surface area contributed by atoms with Crippen LogP contribution in [-0.4, -0.2) is 44.7 Å². The van der Waals surface area contributed by atoms with Gasteiger partial charge in [0.25, 0.3) is 0 Å². The van der Waals surface area contributed by atoms with Crippen LogP contribution in [0.1, 0.15) is 38.3 Å². The maximum atomic E-state index is 6.19. The lowest BCUT2D eigenvalue weighted by atomic mass is 9.99. The third kappa shape index (κ3) is 3.50. The topological polar surface area (TPSA) is 41.7 Å². The van der Waals surface area contributed by atoms with E-state index >= 15 is 0 Å². The lowest BCUT2D eigenvalue weighted by molar-refractivity contribution is 0.220. The molecule has 2 N–H and O–H groups in total. The molecule has 0 saturated carbocycles. The molecule has 0 aromatic heterocycles. The molecule has 1 saturated heterocycles. The van der Waals surface area contributed by atoms with Gasteiger partial charge in [-0.25, -0.2) is 0 Å². The number of likely N-dealkylation sites (tertiary alicyclic amines) is 1. The van der Waals surface area contributed by atoms with Crippen molar-refractivity contribution in [3.63, 3.8) is 0 Å². The minimum Gasteiger partial charge on any atom is -0.496 e. The molecule has 21 heavy (non-hydrogen) atoms. The van der Waals surface area contributed by atoms with Gasteiger partial charge in [0.1, 0.15) is 5.75 Å². The molecule has 1 unspecified atom stereocenters. The zero-order valence-corrected chi connectivity index (χ0v) is 13.8. The molecule has 1 aromatic rings. The van der Waals surface area contributed by atoms with Crippen molar-refractivity contribution in [3.05, 3.63) is 23.8 Å². The second-order valence-corrected chi connectivity index (χ2v) is 5.96. The summed E-state index contributed by atoms with van der Waals surface area (Å²) in [6, 6.07) is 6.76. The number of nitrogens with two attached hydrogens (primary N) is 1. The van der Waals surface area contributed by atoms with Crippen molar-refractivity contribution < 1.29 is 4.74 Å². The van der Waals surface area contributed by atoms with Gasteiger partial charge in [-0.15, -0.1) is 0 Å². The summed E-state index contributed by atoms with van der Waals surface area (Å²) < 4.78 is 5.50. The van der Waals surface area contributed by atoms with Gasteiger partial charge in [0.05, 0.1) is 7.11 Å². The van der Waals surface area contributed by atoms with E-state index in [1.807, 2.05) is 13.0 Å². The number of ether oxygens (including phenoxy) is 1. The molecule has 0 amide bonds. The maximum absolute atomic E-state index is 6.19. The third-order valence-corrected chi connectivity index (χ3v) is 4.65. The normalized spacial score (nSPS) is 18.5. The molecule has 0 radical (unpaired) electrons. The molecule has 1 atom stereocenters. The zero-order chi connectivity index (χ0) is 15.4. The fraction of sp³-hybridized carbons (Fsp3) is 0.647. The Bertz CT molecular complexity index is 453. The van der Waals surface area contributed by atoms with Crippen molar-refractivity contribution in [1.29, 1.82) is 0 Å². The average Bonchev–Trinajstić information content (AvgIpc) is 2.53. The van der Waals surface area contributed by atoms with Crippen molar-refractivity contribution in [1.82, 2.24) is 4.90 Å². The van der Waals surface area contributed by atoms with Crippen molar-refractivity contribution in [2.24, 2.45) is 5.73 Å². The Kier molecular flexibility index (Phi) is 5.48. The molecule has 0 spiro atoms. The third-order valence-electron chi connectivity index (χ3n) is 4.65. The minimum atomic E-state index is -0.0330. The van der Waals surface area contributed by atoms with Crippen LogP contribution in [0.2, 0.25) is 0 Å². The molecule has 2 rings (SSSR count). The summed E-state index contributed by atoms with van der Waals surface area (Å²) in [5.74, 6) is 0.889. The van der Waals surface area contributed by atoms with Gasteiger partial charge >= 0.3 is 0 Å². The highest BCUT2D eigenvalue weighted by Gasteiger charge is 2.25. The van der Waals surface area contributed by atoms with Crippen LogP contribution >= 0.6 is 0 Å². The first kappa shape index (κ1) is 16.1. The van der Waals surface area contributed by atoms with Gasteiger partial charge in [0.15, 0.2) is 0 Å². The standard InChI is InChI=1S/C17H29N3O/c1-5-20-11-9-14(10-12-20)19(3)15-7-6-8-16(21-4)17(15)13(2)18/h6-8,13-14H,5,9-12,18H2,1-4H3. The predicted molar refractivity (Wildman–Crippen MR) is 89.1 cm³/mol. The van der Waals surface area contributed by atoms with Gasteiger partial charge in [-0.05, 0) is 38.4 Å². The number of hydrogen-bond donors (Lipinski definition) is 1. The lowest BCUT2D eigenvalue weighted by Crippen LogP contribution is -2.43. The minimum absolute atomic E-state index is 0.0330. The fourth-order valence-corrected chi connectivity index (χ4v) is 3.30. The van der Waals surface area contributed by atoms with Crippen molar-refractivity contribution in [2.75, 3.05) is 38.7 Å². The van der Waals surface area contributed by atoms with E-state index in [9.17, 15) is 0 Å². The molecule has 1 heterocycles. The van der Waals surface area contributed by atoms with Crippen LogP contribution in [0.15, 0.2) is 18.2 Å². The predicted octanol–water partition coefficient (Wildman–Crippen LogP) is 2.64. The molecule has 1 aromatic carbocycles. The molecule has 0 bridgehead atoms. The number of piperidine rings is 1. The lowest BCUT2D eigenvalue weighted by Gasteiger charge is -2.38. The van der Waals surface area contributed by atoms with Crippen molar-refractivity contribution in [3.8, 4) is 5.75 Å². The molecule has 1 aliphatic heterocycles. The Hall–Kier alpha value is -1.26. The molecule has 1 aliphatic rings. The maximum Gasteiger partial charge on any atom is 0.125 e. The second-order valence-electron chi connectivity index (χ2n) is 5.96. The van der Waals surface area contributed by atoms with Gasteiger partial charge in [-0.2, -0.15) is 0 Å². The van der Waals surface area contributed by atoms with E-state index in [-0.39, 0.29) is 6.04 Å². The first-order valence-corrected chi connectivity index (χ1v) is 7.96. The van der Waals surface area contributed by atoms with Crippen LogP contribution in [0.5, 0.6) is 5.75 Å². The molecule has 118 valence electrons. The van der Waals surface area contributed by atoms with Crippen LogP contribution in [-0.2, 0) is 0 Å². The SMILES string of the molecule is CCN1CCC(N(C)c2cccc(OC)c2C(C)N)CC1. The monoisotopic (exact) mass is 291 g/mol. The smallest absolute Gasteiger partial charge is 0.125 e. The Labute approximate surface area is 128 Å². The van der Waals surface area contributed by atoms with E-state index in [0.717, 1.165) is 17.9 Å². The highest BCUT2D eigenvalue weighted by molar-refractivity contribution is 5.61. The number of rotatable bonds is 5. The Balaban J connectivity index is 2.21. The number of nitrogens with zero attached hydrogens (tertiary/aromatic N) is 2. The summed E-state index contributed by atoms with van der Waals surface area (Å²) in [5, 5.41) is 0. The van der Waals surface area contributed by atoms with Crippen molar-refractivity contribution in [2.45, 2.75) is 38.8 Å². The van der Waals surface area contributed by atoms with Crippen LogP contribution in [0.3, 0.4) is 0 Å². The van der Waals surface area contributed by atoms with Gasteiger partial charge < -0.3 is 20.3 Å². The molecule has 4 heteroatoms. The fourth-order valence-electron chi connectivity index (χ4n) is 3.30. The Morgan fingerprint density at radius 3 is 2.57 bits per heavy atom. The highest BCUT2D eigenvalue weighted by atomic mass is 16.5. The quantitative estimate of drug-likeness (QED) is 0.905. The van der Waals surface area contributed by atoms with Gasteiger partial charge in [-0.1, -0.05) is 13.0 Å². The van der Waals surface area contributed by atoms with Crippen molar-refractivity contribution >= 4 is 5.69 Å². The largest absolute Gasteiger partial charge is 0.496 e. The molecule has 0 aliphatic carbocycles. The van der Waals surface area contributed by atoms with E-state index in [2.05, 4.69) is 35.9 Å². The van der Waals surface area contributed by atoms with E-state index < -0.39 is 0 Å². The van der Waals surface area contributed by atoms with Crippen LogP contribution < -0.4 is 15.4 Å². The molecular weight excluding hydrogens is 262 g/mol. The van der Waals surface area contributed by atoms with Crippen LogP contribution in [0, 0.1) is 0 Å². The van der Waals surface area contributed by atoms with E-state index in [1.165, 1.54) is 31.6 Å². The zero-order valence-electron chi connectivity index (χ0n) is 13.8. The van der Waals surface area contributed by atoms with Gasteiger partial charge in [0.2, 0.25) is 0 Å². The second kappa shape index (κ2) is 7.14. The molecule has 4 nitrogen and oxygen atoms in total. The van der Waals surface area contributed by atoms with Gasteiger partial charge in [-0.3, -0.25) is 0 Å². The summed E-state index contributed by atoms with van der Waals surface area (Å²) >= 11 is 0. The Morgan fingerprint density at radius 1 is 1.38 bits per heavy atom. The number of hydrogen-bond acceptors (Lipinski definition) is 4. The van der Waals surface area contributed by atoms with E-state index in [4.69, 9.17) is 10.5 Å². The number of anilines is 1. The van der Waals surface area contributed by atoms with E-state index in [1.54, 1.807) is 7.11 Å². The van der Waals surface area contributed by atoms with Crippen LogP contribution in [0.4, 0.5) is 5.69 Å². The van der Waals surface area contributed by atoms with Crippen LogP contribution in [0.25, 0.3) is 0 Å². The first-order chi connectivity index (χ1) is 10.1. The summed E-state index contributed by atoms with van der Waals surface area (Å²) in [4.78, 5) is 4.91. The Morgan fingerprint density at radius 2 is 2.05 bits per heavy atom. The summed E-state index contributed by atoms with van der Waals surface area (Å²) in [5.41, 5.74) is 8.51. The number of methoxy groups -OCH3 is 1. The summed E-state index contributed by atoms with van der Waals surface area (Å²) in [6.45, 7) is 7.78. The average molecular weight is 291 g/mol. The molecular formula is C17H29N3O. The summed E-state index contributed by atoms with van der Waals surface area (Å²) in [6.07, 6.45) is 2.42. The highest BCUT2D eigenvalue weighted by Crippen LogP contribution is 2.35. The number of benzene rings is 1. The van der Waals surface area contributed by atoms with Gasteiger partial charge in [0, 0.05) is 43.5 Å². The molecule has 1 fully saturated rings. The first-order valence-electron chi connectivity index (χ1n) is 7.96.